The molecule has 2 aliphatic heterocycles. The van der Waals surface area contributed by atoms with Gasteiger partial charge in [-0.15, -0.1) is 0 Å². The maximum absolute atomic E-state index is 13.0. The molecule has 0 bridgehead atoms. The van der Waals surface area contributed by atoms with Gasteiger partial charge in [-0.1, -0.05) is 12.1 Å². The van der Waals surface area contributed by atoms with Crippen LogP contribution < -0.4 is 0 Å². The topological polar surface area (TPSA) is 32.8 Å². The first-order valence-electron chi connectivity index (χ1n) is 8.52. The third kappa shape index (κ3) is 4.09. The van der Waals surface area contributed by atoms with Crippen LogP contribution in [0.3, 0.4) is 0 Å². The summed E-state index contributed by atoms with van der Waals surface area (Å²) >= 11 is 0. The number of carbonyl (C=O) groups excluding carboxylic acids is 1. The lowest BCUT2D eigenvalue weighted by molar-refractivity contribution is -0.153. The van der Waals surface area contributed by atoms with E-state index in [1.54, 1.807) is 0 Å². The standard InChI is InChI=1S/C18H25FN2O2/c1-2-21-12-17(23-13-18(21)22)15-7-9-20(10-8-15)11-14-3-5-16(19)6-4-14/h3-6,15,17H,2,7-13H2,1H3/t17-/m1/s1. The van der Waals surface area contributed by atoms with E-state index in [-0.39, 0.29) is 24.4 Å². The fraction of sp³-hybridized carbons (Fsp3) is 0.611. The van der Waals surface area contributed by atoms with Gasteiger partial charge in [-0.05, 0) is 56.5 Å². The van der Waals surface area contributed by atoms with E-state index in [0.717, 1.165) is 51.1 Å². The van der Waals surface area contributed by atoms with Crippen LogP contribution >= 0.6 is 0 Å². The fourth-order valence-electron chi connectivity index (χ4n) is 3.56. The number of carbonyl (C=O) groups is 1. The zero-order valence-electron chi connectivity index (χ0n) is 13.7. The molecule has 3 rings (SSSR count). The number of rotatable bonds is 4. The molecule has 0 spiro atoms. The Kier molecular flexibility index (Phi) is 5.28. The van der Waals surface area contributed by atoms with Gasteiger partial charge in [0, 0.05) is 19.6 Å². The number of hydrogen-bond donors (Lipinski definition) is 0. The zero-order valence-corrected chi connectivity index (χ0v) is 13.7. The summed E-state index contributed by atoms with van der Waals surface area (Å²) in [5.41, 5.74) is 1.15. The Balaban J connectivity index is 1.48. The van der Waals surface area contributed by atoms with Gasteiger partial charge in [0.15, 0.2) is 0 Å². The minimum Gasteiger partial charge on any atom is -0.366 e. The predicted octanol–water partition coefficient (Wildman–Crippen LogP) is 2.29. The maximum Gasteiger partial charge on any atom is 0.248 e. The predicted molar refractivity (Wildman–Crippen MR) is 86.4 cm³/mol. The third-order valence-corrected chi connectivity index (χ3v) is 5.03. The molecule has 1 amide bonds. The van der Waals surface area contributed by atoms with Crippen LogP contribution in [-0.4, -0.2) is 54.6 Å². The number of likely N-dealkylation sites (N-methyl/N-ethyl adjacent to an activating group) is 1. The number of piperidine rings is 1. The molecule has 4 nitrogen and oxygen atoms in total. The number of likely N-dealkylation sites (tertiary alicyclic amines) is 1. The number of morpholine rings is 1. The van der Waals surface area contributed by atoms with Gasteiger partial charge in [0.05, 0.1) is 6.10 Å². The number of ether oxygens (including phenoxy) is 1. The molecular formula is C18H25FN2O2. The van der Waals surface area contributed by atoms with Crippen molar-refractivity contribution in [1.82, 2.24) is 9.80 Å². The van der Waals surface area contributed by atoms with Gasteiger partial charge in [-0.25, -0.2) is 4.39 Å². The molecule has 126 valence electrons. The van der Waals surface area contributed by atoms with Crippen molar-refractivity contribution >= 4 is 5.91 Å². The number of amides is 1. The van der Waals surface area contributed by atoms with Gasteiger partial charge >= 0.3 is 0 Å². The highest BCUT2D eigenvalue weighted by Gasteiger charge is 2.33. The van der Waals surface area contributed by atoms with Gasteiger partial charge in [-0.3, -0.25) is 9.69 Å². The lowest BCUT2D eigenvalue weighted by atomic mass is 9.90. The first kappa shape index (κ1) is 16.4. The van der Waals surface area contributed by atoms with Crippen LogP contribution in [0.4, 0.5) is 4.39 Å². The Hall–Kier alpha value is -1.46. The summed E-state index contributed by atoms with van der Waals surface area (Å²) in [5.74, 6) is 0.455. The van der Waals surface area contributed by atoms with Crippen LogP contribution in [0.1, 0.15) is 25.3 Å². The molecule has 2 heterocycles. The highest BCUT2D eigenvalue weighted by molar-refractivity contribution is 5.78. The van der Waals surface area contributed by atoms with Crippen LogP contribution in [0.2, 0.25) is 0 Å². The molecule has 1 aromatic carbocycles. The highest BCUT2D eigenvalue weighted by Crippen LogP contribution is 2.26. The van der Waals surface area contributed by atoms with Crippen LogP contribution in [0.15, 0.2) is 24.3 Å². The van der Waals surface area contributed by atoms with E-state index in [0.29, 0.717) is 5.92 Å². The molecule has 2 fully saturated rings. The smallest absolute Gasteiger partial charge is 0.248 e. The minimum absolute atomic E-state index is 0.109. The lowest BCUT2D eigenvalue weighted by Gasteiger charge is -2.40. The SMILES string of the molecule is CCN1C[C@H](C2CCN(Cc3ccc(F)cc3)CC2)OCC1=O. The van der Waals surface area contributed by atoms with E-state index in [1.165, 1.54) is 12.1 Å². The van der Waals surface area contributed by atoms with E-state index in [2.05, 4.69) is 4.90 Å². The monoisotopic (exact) mass is 320 g/mol. The highest BCUT2D eigenvalue weighted by atomic mass is 19.1. The van der Waals surface area contributed by atoms with Crippen molar-refractivity contribution in [3.63, 3.8) is 0 Å². The van der Waals surface area contributed by atoms with Gasteiger partial charge in [0.25, 0.3) is 0 Å². The quantitative estimate of drug-likeness (QED) is 0.853. The van der Waals surface area contributed by atoms with E-state index >= 15 is 0 Å². The average Bonchev–Trinajstić information content (AvgIpc) is 2.58. The fourth-order valence-corrected chi connectivity index (χ4v) is 3.56. The minimum atomic E-state index is -0.183. The van der Waals surface area contributed by atoms with Gasteiger partial charge in [0.2, 0.25) is 5.91 Å². The molecule has 0 radical (unpaired) electrons. The van der Waals surface area contributed by atoms with E-state index in [9.17, 15) is 9.18 Å². The third-order valence-electron chi connectivity index (χ3n) is 5.03. The summed E-state index contributed by atoms with van der Waals surface area (Å²) in [7, 11) is 0. The summed E-state index contributed by atoms with van der Waals surface area (Å²) in [6, 6.07) is 6.76. The number of nitrogens with zero attached hydrogens (tertiary/aromatic N) is 2. The molecule has 1 aromatic rings. The van der Waals surface area contributed by atoms with E-state index < -0.39 is 0 Å². The summed E-state index contributed by atoms with van der Waals surface area (Å²) < 4.78 is 18.7. The number of hydrogen-bond acceptors (Lipinski definition) is 3. The zero-order chi connectivity index (χ0) is 16.2. The summed E-state index contributed by atoms with van der Waals surface area (Å²) in [6.45, 7) is 6.68. The van der Waals surface area contributed by atoms with E-state index in [4.69, 9.17) is 4.74 Å². The van der Waals surface area contributed by atoms with Crippen LogP contribution in [0.5, 0.6) is 0 Å². The summed E-state index contributed by atoms with van der Waals surface area (Å²) in [6.07, 6.45) is 2.37. The van der Waals surface area contributed by atoms with Crippen molar-refractivity contribution < 1.29 is 13.9 Å². The summed E-state index contributed by atoms with van der Waals surface area (Å²) in [4.78, 5) is 16.0. The van der Waals surface area contributed by atoms with Crippen molar-refractivity contribution in [2.24, 2.45) is 5.92 Å². The average molecular weight is 320 g/mol. The maximum atomic E-state index is 13.0. The molecule has 1 atom stereocenters. The first-order chi connectivity index (χ1) is 11.2. The van der Waals surface area contributed by atoms with Crippen molar-refractivity contribution in [3.05, 3.63) is 35.6 Å². The Morgan fingerprint density at radius 3 is 2.57 bits per heavy atom. The molecule has 5 heteroatoms. The number of benzene rings is 1. The Bertz CT molecular complexity index is 526. The Labute approximate surface area is 137 Å². The molecule has 0 aliphatic carbocycles. The van der Waals surface area contributed by atoms with Crippen molar-refractivity contribution in [1.29, 1.82) is 0 Å². The van der Waals surface area contributed by atoms with Crippen LogP contribution in [-0.2, 0) is 16.1 Å². The second-order valence-corrected chi connectivity index (χ2v) is 6.52. The molecular weight excluding hydrogens is 295 g/mol. The molecule has 23 heavy (non-hydrogen) atoms. The van der Waals surface area contributed by atoms with Crippen molar-refractivity contribution in [2.75, 3.05) is 32.8 Å². The van der Waals surface area contributed by atoms with Crippen LogP contribution in [0.25, 0.3) is 0 Å². The molecule has 2 saturated heterocycles. The molecule has 0 aromatic heterocycles. The Morgan fingerprint density at radius 1 is 1.22 bits per heavy atom. The largest absolute Gasteiger partial charge is 0.366 e. The number of halogens is 1. The van der Waals surface area contributed by atoms with Gasteiger partial charge < -0.3 is 9.64 Å². The second-order valence-electron chi connectivity index (χ2n) is 6.52. The normalized spacial score (nSPS) is 24.2. The first-order valence-corrected chi connectivity index (χ1v) is 8.52. The van der Waals surface area contributed by atoms with Gasteiger partial charge in [-0.2, -0.15) is 0 Å². The van der Waals surface area contributed by atoms with E-state index in [1.807, 2.05) is 24.0 Å². The van der Waals surface area contributed by atoms with Crippen molar-refractivity contribution in [3.8, 4) is 0 Å². The molecule has 0 unspecified atom stereocenters. The molecule has 0 N–H and O–H groups in total. The Morgan fingerprint density at radius 2 is 1.91 bits per heavy atom. The van der Waals surface area contributed by atoms with Crippen LogP contribution in [0, 0.1) is 11.7 Å². The molecule has 0 saturated carbocycles. The lowest BCUT2D eigenvalue weighted by Crippen LogP contribution is -2.50. The van der Waals surface area contributed by atoms with Gasteiger partial charge in [0.1, 0.15) is 12.4 Å². The molecule has 2 aliphatic rings. The summed E-state index contributed by atoms with van der Waals surface area (Å²) in [5, 5.41) is 0. The van der Waals surface area contributed by atoms with Crippen molar-refractivity contribution in [2.45, 2.75) is 32.4 Å². The second kappa shape index (κ2) is 7.41.